The lowest BCUT2D eigenvalue weighted by molar-refractivity contribution is 0.103. The molecule has 23 heavy (non-hydrogen) atoms. The van der Waals surface area contributed by atoms with Crippen molar-refractivity contribution in [2.45, 2.75) is 52.1 Å². The largest absolute Gasteiger partial charge is 0.391 e. The van der Waals surface area contributed by atoms with Gasteiger partial charge in [0.2, 0.25) is 0 Å². The smallest absolute Gasteiger partial charge is 0.314 e. The van der Waals surface area contributed by atoms with Gasteiger partial charge >= 0.3 is 6.03 Å². The fourth-order valence-corrected chi connectivity index (χ4v) is 2.76. The van der Waals surface area contributed by atoms with Crippen molar-refractivity contribution in [3.05, 3.63) is 34.9 Å². The van der Waals surface area contributed by atoms with E-state index in [9.17, 15) is 9.90 Å². The molecule has 0 radical (unpaired) electrons. The van der Waals surface area contributed by atoms with E-state index in [2.05, 4.69) is 24.5 Å². The van der Waals surface area contributed by atoms with Crippen LogP contribution in [0.2, 0.25) is 5.02 Å². The van der Waals surface area contributed by atoms with Crippen LogP contribution in [0.4, 0.5) is 4.79 Å². The molecule has 0 spiro atoms. The molecule has 1 rings (SSSR count). The molecule has 1 aromatic carbocycles. The topological polar surface area (TPSA) is 61.4 Å². The van der Waals surface area contributed by atoms with Crippen LogP contribution in [0.1, 0.15) is 46.1 Å². The van der Waals surface area contributed by atoms with Crippen LogP contribution in [0, 0.1) is 5.92 Å². The number of urea groups is 1. The molecule has 0 saturated carbocycles. The number of halogens is 1. The Morgan fingerprint density at radius 2 is 1.91 bits per heavy atom. The summed E-state index contributed by atoms with van der Waals surface area (Å²) in [6, 6.07) is 7.40. The van der Waals surface area contributed by atoms with Gasteiger partial charge in [-0.15, -0.1) is 0 Å². The number of rotatable bonds is 8. The van der Waals surface area contributed by atoms with Crippen molar-refractivity contribution in [1.82, 2.24) is 10.6 Å². The molecule has 0 saturated heterocycles. The zero-order valence-corrected chi connectivity index (χ0v) is 15.3. The first-order valence-corrected chi connectivity index (χ1v) is 8.63. The monoisotopic (exact) mass is 340 g/mol. The zero-order chi connectivity index (χ0) is 17.5. The van der Waals surface area contributed by atoms with E-state index in [1.165, 1.54) is 0 Å². The molecule has 1 atom stereocenters. The molecule has 0 aliphatic carbocycles. The maximum Gasteiger partial charge on any atom is 0.314 e. The number of aliphatic hydroxyl groups excluding tert-OH is 1. The molecule has 3 N–H and O–H groups in total. The molecule has 130 valence electrons. The van der Waals surface area contributed by atoms with Gasteiger partial charge in [-0.1, -0.05) is 64.3 Å². The Labute approximate surface area is 144 Å². The van der Waals surface area contributed by atoms with Gasteiger partial charge in [-0.2, -0.15) is 0 Å². The lowest BCUT2D eigenvalue weighted by atomic mass is 9.85. The van der Waals surface area contributed by atoms with Gasteiger partial charge in [0, 0.05) is 23.5 Å². The summed E-state index contributed by atoms with van der Waals surface area (Å²) in [6.07, 6.45) is 1.31. The van der Waals surface area contributed by atoms with Crippen LogP contribution in [0.3, 0.4) is 0 Å². The predicted molar refractivity (Wildman–Crippen MR) is 96.0 cm³/mol. The van der Waals surface area contributed by atoms with Crippen LogP contribution in [-0.2, 0) is 5.41 Å². The molecule has 0 aromatic heterocycles. The minimum absolute atomic E-state index is 0.221. The second-order valence-corrected chi connectivity index (χ2v) is 7.04. The molecule has 0 aliphatic rings. The number of benzene rings is 1. The van der Waals surface area contributed by atoms with E-state index in [-0.39, 0.29) is 23.9 Å². The Hall–Kier alpha value is -1.26. The van der Waals surface area contributed by atoms with E-state index >= 15 is 0 Å². The van der Waals surface area contributed by atoms with E-state index < -0.39 is 6.10 Å². The molecule has 2 amide bonds. The fourth-order valence-electron chi connectivity index (χ4n) is 2.57. The Balaban J connectivity index is 2.46. The van der Waals surface area contributed by atoms with Crippen molar-refractivity contribution < 1.29 is 9.90 Å². The van der Waals surface area contributed by atoms with E-state index in [1.54, 1.807) is 0 Å². The first kappa shape index (κ1) is 19.8. The predicted octanol–water partition coefficient (Wildman–Crippen LogP) is 3.71. The lowest BCUT2D eigenvalue weighted by Gasteiger charge is -2.26. The fraction of sp³-hybridized carbons (Fsp3) is 0.611. The zero-order valence-electron chi connectivity index (χ0n) is 14.5. The Kier molecular flexibility index (Phi) is 7.86. The third-order valence-electron chi connectivity index (χ3n) is 4.36. The summed E-state index contributed by atoms with van der Waals surface area (Å²) in [5.74, 6) is 0.221. The first-order chi connectivity index (χ1) is 10.8. The van der Waals surface area contributed by atoms with Gasteiger partial charge in [0.1, 0.15) is 0 Å². The Bertz CT molecular complexity index is 502. The molecule has 0 fully saturated rings. The first-order valence-electron chi connectivity index (χ1n) is 8.26. The third-order valence-corrected chi connectivity index (χ3v) is 4.60. The van der Waals surface area contributed by atoms with E-state index in [4.69, 9.17) is 11.6 Å². The van der Waals surface area contributed by atoms with Gasteiger partial charge in [0.25, 0.3) is 0 Å². The van der Waals surface area contributed by atoms with E-state index in [0.29, 0.717) is 11.6 Å². The molecular formula is C18H29ClN2O2. The van der Waals surface area contributed by atoms with Crippen molar-refractivity contribution in [2.75, 3.05) is 13.1 Å². The van der Waals surface area contributed by atoms with Gasteiger partial charge in [-0.25, -0.2) is 4.79 Å². The van der Waals surface area contributed by atoms with Gasteiger partial charge in [-0.05, 0) is 23.6 Å². The standard InChI is InChI=1S/C18H29ClN2O2/c1-5-13(6-2)16(22)11-20-17(23)21-12-18(3,4)14-8-7-9-15(19)10-14/h7-10,13,16,22H,5-6,11-12H2,1-4H3,(H2,20,21,23). The highest BCUT2D eigenvalue weighted by Gasteiger charge is 2.22. The number of nitrogens with one attached hydrogen (secondary N) is 2. The summed E-state index contributed by atoms with van der Waals surface area (Å²) in [4.78, 5) is 11.9. The van der Waals surface area contributed by atoms with Crippen LogP contribution in [-0.4, -0.2) is 30.3 Å². The SMILES string of the molecule is CCC(CC)C(O)CNC(=O)NCC(C)(C)c1cccc(Cl)c1. The molecule has 0 bridgehead atoms. The van der Waals surface area contributed by atoms with Crippen LogP contribution >= 0.6 is 11.6 Å². The Morgan fingerprint density at radius 1 is 1.26 bits per heavy atom. The number of amides is 2. The van der Waals surface area contributed by atoms with Crippen LogP contribution < -0.4 is 10.6 Å². The van der Waals surface area contributed by atoms with Gasteiger partial charge in [0.15, 0.2) is 0 Å². The molecule has 1 unspecified atom stereocenters. The number of carbonyl (C=O) groups is 1. The quantitative estimate of drug-likeness (QED) is 0.675. The number of hydrogen-bond acceptors (Lipinski definition) is 2. The normalized spacial score (nSPS) is 13.0. The van der Waals surface area contributed by atoms with Crippen LogP contribution in [0.15, 0.2) is 24.3 Å². The van der Waals surface area contributed by atoms with Crippen molar-refractivity contribution in [2.24, 2.45) is 5.92 Å². The second kappa shape index (κ2) is 9.14. The summed E-state index contributed by atoms with van der Waals surface area (Å²) >= 11 is 6.03. The third kappa shape index (κ3) is 6.40. The summed E-state index contributed by atoms with van der Waals surface area (Å²) < 4.78 is 0. The minimum atomic E-state index is -0.503. The number of carbonyl (C=O) groups excluding carboxylic acids is 1. The maximum atomic E-state index is 11.9. The van der Waals surface area contributed by atoms with Crippen molar-refractivity contribution >= 4 is 17.6 Å². The summed E-state index contributed by atoms with van der Waals surface area (Å²) in [5.41, 5.74) is 0.846. The molecular weight excluding hydrogens is 312 g/mol. The number of hydrogen-bond donors (Lipinski definition) is 3. The van der Waals surface area contributed by atoms with Gasteiger partial charge in [0.05, 0.1) is 6.10 Å². The van der Waals surface area contributed by atoms with Crippen molar-refractivity contribution in [3.63, 3.8) is 0 Å². The lowest BCUT2D eigenvalue weighted by Crippen LogP contribution is -2.45. The molecule has 5 heteroatoms. The van der Waals surface area contributed by atoms with E-state index in [0.717, 1.165) is 18.4 Å². The van der Waals surface area contributed by atoms with E-state index in [1.807, 2.05) is 38.1 Å². The minimum Gasteiger partial charge on any atom is -0.391 e. The summed E-state index contributed by atoms with van der Waals surface area (Å²) in [5, 5.41) is 16.3. The van der Waals surface area contributed by atoms with Gasteiger partial charge < -0.3 is 15.7 Å². The molecule has 1 aromatic rings. The molecule has 0 aliphatic heterocycles. The highest BCUT2D eigenvalue weighted by molar-refractivity contribution is 6.30. The summed E-state index contributed by atoms with van der Waals surface area (Å²) in [6.45, 7) is 8.96. The van der Waals surface area contributed by atoms with Crippen molar-refractivity contribution in [3.8, 4) is 0 Å². The Morgan fingerprint density at radius 3 is 2.48 bits per heavy atom. The highest BCUT2D eigenvalue weighted by Crippen LogP contribution is 2.24. The average Bonchev–Trinajstić information content (AvgIpc) is 2.52. The summed E-state index contributed by atoms with van der Waals surface area (Å²) in [7, 11) is 0. The second-order valence-electron chi connectivity index (χ2n) is 6.60. The van der Waals surface area contributed by atoms with Crippen LogP contribution in [0.5, 0.6) is 0 Å². The number of aliphatic hydroxyl groups is 1. The molecule has 0 heterocycles. The highest BCUT2D eigenvalue weighted by atomic mass is 35.5. The van der Waals surface area contributed by atoms with Crippen LogP contribution in [0.25, 0.3) is 0 Å². The van der Waals surface area contributed by atoms with Gasteiger partial charge in [-0.3, -0.25) is 0 Å². The maximum absolute atomic E-state index is 11.9. The van der Waals surface area contributed by atoms with Crippen molar-refractivity contribution in [1.29, 1.82) is 0 Å². The average molecular weight is 341 g/mol. The molecule has 4 nitrogen and oxygen atoms in total.